The highest BCUT2D eigenvalue weighted by Crippen LogP contribution is 2.30. The van der Waals surface area contributed by atoms with Gasteiger partial charge in [-0.1, -0.05) is 35.9 Å². The van der Waals surface area contributed by atoms with E-state index in [1.807, 2.05) is 30.3 Å². The number of amides is 1. The normalized spacial score (nSPS) is 10.2. The van der Waals surface area contributed by atoms with Gasteiger partial charge >= 0.3 is 0 Å². The van der Waals surface area contributed by atoms with Gasteiger partial charge in [-0.25, -0.2) is 0 Å². The van der Waals surface area contributed by atoms with Crippen molar-refractivity contribution in [3.63, 3.8) is 0 Å². The largest absolute Gasteiger partial charge is 0.366 e. The molecule has 1 amide bonds. The van der Waals surface area contributed by atoms with Crippen molar-refractivity contribution in [1.29, 1.82) is 0 Å². The van der Waals surface area contributed by atoms with Gasteiger partial charge in [0.25, 0.3) is 0 Å². The number of hydrogen-bond donors (Lipinski definition) is 1. The average molecular weight is 311 g/mol. The monoisotopic (exact) mass is 309 g/mol. The zero-order valence-corrected chi connectivity index (χ0v) is 11.1. The van der Waals surface area contributed by atoms with E-state index in [4.69, 9.17) is 17.3 Å². The zero-order chi connectivity index (χ0) is 12.4. The van der Waals surface area contributed by atoms with Crippen molar-refractivity contribution >= 4 is 33.4 Å². The molecule has 0 saturated heterocycles. The number of rotatable bonds is 2. The van der Waals surface area contributed by atoms with Gasteiger partial charge in [-0.3, -0.25) is 4.79 Å². The first-order valence-electron chi connectivity index (χ1n) is 4.94. The molecule has 2 N–H and O–H groups in total. The highest BCUT2D eigenvalue weighted by Gasteiger charge is 2.09. The Morgan fingerprint density at radius 2 is 1.88 bits per heavy atom. The lowest BCUT2D eigenvalue weighted by Gasteiger charge is -2.07. The Hall–Kier alpha value is -1.32. The summed E-state index contributed by atoms with van der Waals surface area (Å²) in [6.07, 6.45) is 0. The van der Waals surface area contributed by atoms with Crippen LogP contribution in [0.25, 0.3) is 11.1 Å². The Morgan fingerprint density at radius 3 is 2.53 bits per heavy atom. The average Bonchev–Trinajstić information content (AvgIpc) is 2.30. The molecule has 0 spiro atoms. The minimum atomic E-state index is -0.467. The third kappa shape index (κ3) is 2.51. The molecule has 2 aromatic carbocycles. The van der Waals surface area contributed by atoms with E-state index < -0.39 is 5.91 Å². The molecule has 2 aromatic rings. The number of nitrogens with two attached hydrogens (primary N) is 1. The van der Waals surface area contributed by atoms with Gasteiger partial charge in [0, 0.05) is 15.1 Å². The Morgan fingerprint density at radius 1 is 1.18 bits per heavy atom. The fourth-order valence-corrected chi connectivity index (χ4v) is 2.26. The first-order chi connectivity index (χ1) is 8.09. The van der Waals surface area contributed by atoms with Crippen LogP contribution in [0.2, 0.25) is 5.02 Å². The Bertz CT molecular complexity index is 583. The number of hydrogen-bond acceptors (Lipinski definition) is 1. The zero-order valence-electron chi connectivity index (χ0n) is 8.78. The molecule has 17 heavy (non-hydrogen) atoms. The number of carbonyl (C=O) groups is 1. The number of carbonyl (C=O) groups excluding carboxylic acids is 1. The first kappa shape index (κ1) is 12.1. The van der Waals surface area contributed by atoms with Crippen molar-refractivity contribution in [3.8, 4) is 11.1 Å². The molecule has 0 aromatic heterocycles. The number of primary amides is 1. The van der Waals surface area contributed by atoms with Gasteiger partial charge in [-0.2, -0.15) is 0 Å². The van der Waals surface area contributed by atoms with Crippen molar-refractivity contribution in [2.75, 3.05) is 0 Å². The SMILES string of the molecule is NC(=O)c1cc(-c2ccccc2Cl)ccc1Br. The molecular weight excluding hydrogens is 302 g/mol. The fraction of sp³-hybridized carbons (Fsp3) is 0. The van der Waals surface area contributed by atoms with E-state index >= 15 is 0 Å². The van der Waals surface area contributed by atoms with E-state index in [0.717, 1.165) is 11.1 Å². The predicted molar refractivity (Wildman–Crippen MR) is 73.1 cm³/mol. The van der Waals surface area contributed by atoms with E-state index in [0.29, 0.717) is 15.1 Å². The van der Waals surface area contributed by atoms with Crippen LogP contribution < -0.4 is 5.73 Å². The highest BCUT2D eigenvalue weighted by atomic mass is 79.9. The highest BCUT2D eigenvalue weighted by molar-refractivity contribution is 9.10. The van der Waals surface area contributed by atoms with E-state index in [1.54, 1.807) is 12.1 Å². The third-order valence-electron chi connectivity index (χ3n) is 2.42. The summed E-state index contributed by atoms with van der Waals surface area (Å²) in [5.74, 6) is -0.467. The molecule has 0 aliphatic rings. The van der Waals surface area contributed by atoms with Crippen LogP contribution in [0, 0.1) is 0 Å². The summed E-state index contributed by atoms with van der Waals surface area (Å²) in [4.78, 5) is 11.2. The van der Waals surface area contributed by atoms with Gasteiger partial charge in [0.1, 0.15) is 0 Å². The molecule has 2 nitrogen and oxygen atoms in total. The van der Waals surface area contributed by atoms with Crippen molar-refractivity contribution in [2.24, 2.45) is 5.73 Å². The quantitative estimate of drug-likeness (QED) is 0.899. The second-order valence-corrected chi connectivity index (χ2v) is 4.80. The molecule has 0 aliphatic heterocycles. The van der Waals surface area contributed by atoms with Crippen LogP contribution in [0.1, 0.15) is 10.4 Å². The van der Waals surface area contributed by atoms with E-state index in [-0.39, 0.29) is 0 Å². The lowest BCUT2D eigenvalue weighted by molar-refractivity contribution is 0.0999. The molecule has 2 rings (SSSR count). The van der Waals surface area contributed by atoms with Gasteiger partial charge < -0.3 is 5.73 Å². The maximum Gasteiger partial charge on any atom is 0.249 e. The Balaban J connectivity index is 2.58. The van der Waals surface area contributed by atoms with Crippen molar-refractivity contribution in [3.05, 3.63) is 57.5 Å². The summed E-state index contributed by atoms with van der Waals surface area (Å²) >= 11 is 9.39. The summed E-state index contributed by atoms with van der Waals surface area (Å²) in [5, 5.41) is 0.644. The third-order valence-corrected chi connectivity index (χ3v) is 3.44. The smallest absolute Gasteiger partial charge is 0.249 e. The Labute approximate surface area is 113 Å². The molecule has 0 fully saturated rings. The second kappa shape index (κ2) is 4.90. The van der Waals surface area contributed by atoms with Crippen LogP contribution in [0.5, 0.6) is 0 Å². The molecule has 0 saturated carbocycles. The van der Waals surface area contributed by atoms with E-state index in [9.17, 15) is 4.79 Å². The maximum atomic E-state index is 11.2. The second-order valence-electron chi connectivity index (χ2n) is 3.54. The standard InChI is InChI=1S/C13H9BrClNO/c14-11-6-5-8(7-10(11)13(16)17)9-3-1-2-4-12(9)15/h1-7H,(H2,16,17). The van der Waals surface area contributed by atoms with E-state index in [1.165, 1.54) is 0 Å². The minimum Gasteiger partial charge on any atom is -0.366 e. The summed E-state index contributed by atoms with van der Waals surface area (Å²) in [6, 6.07) is 12.9. The topological polar surface area (TPSA) is 43.1 Å². The van der Waals surface area contributed by atoms with Crippen LogP contribution in [-0.2, 0) is 0 Å². The van der Waals surface area contributed by atoms with Gasteiger partial charge in [-0.05, 0) is 39.7 Å². The summed E-state index contributed by atoms with van der Waals surface area (Å²) < 4.78 is 0.681. The summed E-state index contributed by atoms with van der Waals surface area (Å²) in [5.41, 5.74) is 7.49. The molecule has 86 valence electrons. The van der Waals surface area contributed by atoms with Gasteiger partial charge in [0.15, 0.2) is 0 Å². The lowest BCUT2D eigenvalue weighted by Crippen LogP contribution is -2.11. The van der Waals surface area contributed by atoms with Crippen LogP contribution in [0.3, 0.4) is 0 Å². The summed E-state index contributed by atoms with van der Waals surface area (Å²) in [6.45, 7) is 0. The molecule has 0 unspecified atom stereocenters. The fourth-order valence-electron chi connectivity index (χ4n) is 1.58. The molecule has 4 heteroatoms. The molecule has 0 atom stereocenters. The minimum absolute atomic E-state index is 0.447. The molecule has 0 heterocycles. The van der Waals surface area contributed by atoms with Crippen molar-refractivity contribution < 1.29 is 4.79 Å². The summed E-state index contributed by atoms with van der Waals surface area (Å²) in [7, 11) is 0. The van der Waals surface area contributed by atoms with Crippen LogP contribution in [0.15, 0.2) is 46.9 Å². The number of halogens is 2. The Kier molecular flexibility index (Phi) is 3.50. The molecule has 0 radical (unpaired) electrons. The number of benzene rings is 2. The van der Waals surface area contributed by atoms with E-state index in [2.05, 4.69) is 15.9 Å². The van der Waals surface area contributed by atoms with Crippen molar-refractivity contribution in [1.82, 2.24) is 0 Å². The van der Waals surface area contributed by atoms with Crippen LogP contribution >= 0.6 is 27.5 Å². The first-order valence-corrected chi connectivity index (χ1v) is 6.11. The van der Waals surface area contributed by atoms with Crippen LogP contribution in [0.4, 0.5) is 0 Å². The lowest BCUT2D eigenvalue weighted by atomic mass is 10.0. The van der Waals surface area contributed by atoms with Crippen molar-refractivity contribution in [2.45, 2.75) is 0 Å². The predicted octanol–water partition coefficient (Wildman–Crippen LogP) is 3.87. The maximum absolute atomic E-state index is 11.2. The molecule has 0 aliphatic carbocycles. The molecule has 0 bridgehead atoms. The van der Waals surface area contributed by atoms with Gasteiger partial charge in [0.05, 0.1) is 5.56 Å². The van der Waals surface area contributed by atoms with Gasteiger partial charge in [-0.15, -0.1) is 0 Å². The van der Waals surface area contributed by atoms with Crippen LogP contribution in [-0.4, -0.2) is 5.91 Å². The molecular formula is C13H9BrClNO. The van der Waals surface area contributed by atoms with Gasteiger partial charge in [0.2, 0.25) is 5.91 Å².